The van der Waals surface area contributed by atoms with Gasteiger partial charge in [-0.3, -0.25) is 0 Å². The van der Waals surface area contributed by atoms with Crippen molar-refractivity contribution in [3.63, 3.8) is 0 Å². The van der Waals surface area contributed by atoms with Gasteiger partial charge < -0.3 is 28.9 Å². The van der Waals surface area contributed by atoms with Crippen LogP contribution in [-0.2, 0) is 0 Å². The van der Waals surface area contributed by atoms with Gasteiger partial charge in [0.1, 0.15) is 11.2 Å². The van der Waals surface area contributed by atoms with Gasteiger partial charge in [0.2, 0.25) is 0 Å². The van der Waals surface area contributed by atoms with Crippen molar-refractivity contribution < 1.29 is 4.42 Å². The minimum atomic E-state index is -0.113. The predicted molar refractivity (Wildman–Crippen MR) is 413 cm³/mol. The van der Waals surface area contributed by atoms with Crippen LogP contribution in [0.3, 0.4) is 0 Å². The molecule has 456 valence electrons. The van der Waals surface area contributed by atoms with Crippen molar-refractivity contribution in [3.8, 4) is 33.4 Å². The summed E-state index contributed by atoms with van der Waals surface area (Å²) in [5.41, 5.74) is 33.0. The van der Waals surface area contributed by atoms with Crippen molar-refractivity contribution in [2.75, 3.05) is 24.5 Å². The highest BCUT2D eigenvalue weighted by atomic mass is 16.3. The van der Waals surface area contributed by atoms with E-state index in [0.29, 0.717) is 0 Å². The summed E-state index contributed by atoms with van der Waals surface area (Å²) >= 11 is 0. The van der Waals surface area contributed by atoms with E-state index in [-0.39, 0.29) is 13.4 Å². The Bertz CT molecular complexity index is 5630. The van der Waals surface area contributed by atoms with Crippen molar-refractivity contribution >= 4 is 153 Å². The molecule has 0 saturated heterocycles. The summed E-state index contributed by atoms with van der Waals surface area (Å²) in [6.45, 7) is -0.0719. The molecule has 4 aliphatic heterocycles. The minimum absolute atomic E-state index is 0.0415. The maximum Gasteiger partial charge on any atom is 0.252 e. The van der Waals surface area contributed by atoms with Crippen LogP contribution < -0.4 is 57.3 Å². The molecular formula is C90H59B2N5O. The maximum atomic E-state index is 7.16. The Morgan fingerprint density at radius 3 is 1.10 bits per heavy atom. The van der Waals surface area contributed by atoms with Crippen LogP contribution in [0.4, 0.5) is 85.3 Å². The number of hydrogen-bond acceptors (Lipinski definition) is 6. The lowest BCUT2D eigenvalue weighted by atomic mass is 9.33. The second-order valence-corrected chi connectivity index (χ2v) is 25.9. The third-order valence-electron chi connectivity index (χ3n) is 20.6. The summed E-state index contributed by atoms with van der Waals surface area (Å²) in [4.78, 5) is 12.3. The number of furan rings is 1. The molecule has 1 aromatic heterocycles. The smallest absolute Gasteiger partial charge is 0.252 e. The molecule has 6 nitrogen and oxygen atoms in total. The molecule has 15 aromatic carbocycles. The molecular weight excluding hydrogens is 1190 g/mol. The molecule has 8 heteroatoms. The fraction of sp³-hybridized carbons (Fsp3) is 0. The van der Waals surface area contributed by atoms with Gasteiger partial charge in [-0.2, -0.15) is 0 Å². The molecule has 0 unspecified atom stereocenters. The summed E-state index contributed by atoms with van der Waals surface area (Å²) in [5, 5.41) is 2.17. The van der Waals surface area contributed by atoms with Gasteiger partial charge in [-0.1, -0.05) is 231 Å². The molecule has 20 rings (SSSR count). The number of rotatable bonds is 10. The molecule has 0 amide bonds. The lowest BCUT2D eigenvalue weighted by Crippen LogP contribution is -2.61. The van der Waals surface area contributed by atoms with Crippen LogP contribution in [0.2, 0.25) is 0 Å². The molecule has 0 atom stereocenters. The van der Waals surface area contributed by atoms with Crippen LogP contribution in [-0.4, -0.2) is 13.4 Å². The zero-order valence-electron chi connectivity index (χ0n) is 53.4. The van der Waals surface area contributed by atoms with Crippen LogP contribution in [0, 0.1) is 0 Å². The number of nitrogens with zero attached hydrogens (tertiary/aromatic N) is 5. The van der Waals surface area contributed by atoms with E-state index in [4.69, 9.17) is 4.42 Å². The zero-order valence-corrected chi connectivity index (χ0v) is 53.4. The van der Waals surface area contributed by atoms with Crippen LogP contribution in [0.25, 0.3) is 55.3 Å². The quantitative estimate of drug-likeness (QED) is 0.127. The van der Waals surface area contributed by atoms with Crippen LogP contribution in [0.15, 0.2) is 362 Å². The average molecular weight is 1250 g/mol. The highest BCUT2D eigenvalue weighted by Crippen LogP contribution is 2.51. The van der Waals surface area contributed by atoms with Crippen molar-refractivity contribution in [2.24, 2.45) is 0 Å². The monoisotopic (exact) mass is 1250 g/mol. The van der Waals surface area contributed by atoms with Gasteiger partial charge in [0.05, 0.1) is 5.69 Å². The molecule has 4 aliphatic rings. The number of hydrogen-bond donors (Lipinski definition) is 0. The molecule has 98 heavy (non-hydrogen) atoms. The van der Waals surface area contributed by atoms with E-state index in [2.05, 4.69) is 382 Å². The molecule has 5 heterocycles. The summed E-state index contributed by atoms with van der Waals surface area (Å²) in [6, 6.07) is 131. The van der Waals surface area contributed by atoms with Gasteiger partial charge in [0, 0.05) is 96.0 Å². The normalized spacial score (nSPS) is 13.0. The zero-order chi connectivity index (χ0) is 64.4. The molecule has 0 saturated carbocycles. The lowest BCUT2D eigenvalue weighted by molar-refractivity contribution is 0.670. The number of para-hydroxylation sites is 10. The number of anilines is 15. The summed E-state index contributed by atoms with van der Waals surface area (Å²) < 4.78 is 7.16. The van der Waals surface area contributed by atoms with Gasteiger partial charge in [0.15, 0.2) is 0 Å². The van der Waals surface area contributed by atoms with Crippen LogP contribution in [0.5, 0.6) is 0 Å². The van der Waals surface area contributed by atoms with Crippen LogP contribution >= 0.6 is 0 Å². The topological polar surface area (TPSA) is 29.3 Å². The van der Waals surface area contributed by atoms with E-state index in [1.807, 2.05) is 0 Å². The summed E-state index contributed by atoms with van der Waals surface area (Å²) in [7, 11) is 0. The largest absolute Gasteiger partial charge is 0.455 e. The molecule has 0 bridgehead atoms. The SMILES string of the molecule is c1ccc(N(c2ccccc2)c2cc3c4c(c2)N(c2ccccc2)c2ccc(-c5cccc6oc7c(-c8ccc(-c9cc%10c%11c(c9)N(c9ccccc9)c9ccccc9B%11c9ccccc9N%10c9ccccc9)cc8)cccc7c56)cc2B4c2ccccc2N3c2ccccc2)cc1. The van der Waals surface area contributed by atoms with E-state index in [0.717, 1.165) is 118 Å². The third-order valence-corrected chi connectivity index (χ3v) is 20.6. The van der Waals surface area contributed by atoms with Gasteiger partial charge >= 0.3 is 0 Å². The molecule has 0 radical (unpaired) electrons. The van der Waals surface area contributed by atoms with E-state index < -0.39 is 0 Å². The Kier molecular flexibility index (Phi) is 12.7. The van der Waals surface area contributed by atoms with E-state index in [1.54, 1.807) is 0 Å². The lowest BCUT2D eigenvalue weighted by Gasteiger charge is -2.45. The van der Waals surface area contributed by atoms with E-state index >= 15 is 0 Å². The number of benzene rings is 15. The Morgan fingerprint density at radius 2 is 0.622 bits per heavy atom. The highest BCUT2D eigenvalue weighted by Gasteiger charge is 2.46. The first-order chi connectivity index (χ1) is 48.7. The Labute approximate surface area is 570 Å². The third kappa shape index (κ3) is 8.64. The van der Waals surface area contributed by atoms with Crippen molar-refractivity contribution in [3.05, 3.63) is 358 Å². The standard InChI is InChI=1S/C90H59B2N5O/c1-7-27-64(28-8-1)93(65-29-9-2-10-30-65)70-58-84-89-85(59-70)97(69-37-17-6-18-38-69)81-54-53-62(55-77(81)92(89)76-44-21-24-47-80(76)96(84)68-35-15-5-16-36-68)71-39-26-48-86-87(71)73-41-25-40-72(90(73)98-86)61-51-49-60(50-52-61)63-56-82-88-83(57-63)95(67-33-13-4-14-34-67)79-46-23-20-43-75(79)91(88)74-42-19-22-45-78(74)94(82)66-31-11-3-12-32-66/h1-59H. The van der Waals surface area contributed by atoms with Gasteiger partial charge in [0.25, 0.3) is 13.4 Å². The molecule has 16 aromatic rings. The minimum Gasteiger partial charge on any atom is -0.455 e. The van der Waals surface area contributed by atoms with Gasteiger partial charge in [-0.05, 0) is 188 Å². The molecule has 0 aliphatic carbocycles. The second kappa shape index (κ2) is 22.4. The molecule has 0 spiro atoms. The molecule has 0 fully saturated rings. The average Bonchev–Trinajstić information content (AvgIpc) is 0.852. The van der Waals surface area contributed by atoms with Crippen LogP contribution in [0.1, 0.15) is 0 Å². The highest BCUT2D eigenvalue weighted by molar-refractivity contribution is 7.01. The number of fused-ring (bicyclic) bond motifs is 11. The predicted octanol–water partition coefficient (Wildman–Crippen LogP) is 20.2. The first-order valence-electron chi connectivity index (χ1n) is 33.8. The van der Waals surface area contributed by atoms with Gasteiger partial charge in [-0.15, -0.1) is 0 Å². The summed E-state index contributed by atoms with van der Waals surface area (Å²) in [6.07, 6.45) is 0. The van der Waals surface area contributed by atoms with E-state index in [9.17, 15) is 0 Å². The van der Waals surface area contributed by atoms with E-state index in [1.165, 1.54) is 55.5 Å². The second-order valence-electron chi connectivity index (χ2n) is 25.9. The molecule has 0 N–H and O–H groups in total. The van der Waals surface area contributed by atoms with Crippen molar-refractivity contribution in [1.29, 1.82) is 0 Å². The Morgan fingerprint density at radius 1 is 0.245 bits per heavy atom. The van der Waals surface area contributed by atoms with Crippen molar-refractivity contribution in [2.45, 2.75) is 0 Å². The Balaban J connectivity index is 0.730. The fourth-order valence-corrected chi connectivity index (χ4v) is 16.5. The maximum absolute atomic E-state index is 7.16. The van der Waals surface area contributed by atoms with Gasteiger partial charge in [-0.25, -0.2) is 0 Å². The first-order valence-corrected chi connectivity index (χ1v) is 33.8. The fourth-order valence-electron chi connectivity index (χ4n) is 16.5. The van der Waals surface area contributed by atoms with Crippen molar-refractivity contribution in [1.82, 2.24) is 0 Å². The Hall–Kier alpha value is -12.8. The first kappa shape index (κ1) is 55.7. The summed E-state index contributed by atoms with van der Waals surface area (Å²) in [5.74, 6) is 0.